The van der Waals surface area contributed by atoms with Gasteiger partial charge in [0.25, 0.3) is 5.91 Å². The Morgan fingerprint density at radius 3 is 2.70 bits per heavy atom. The minimum atomic E-state index is -0.352. The molecule has 1 aromatic rings. The topological polar surface area (TPSA) is 53.6 Å². The molecule has 2 N–H and O–H groups in total. The van der Waals surface area contributed by atoms with Gasteiger partial charge >= 0.3 is 0 Å². The first-order chi connectivity index (χ1) is 10.7. The van der Waals surface area contributed by atoms with Crippen molar-refractivity contribution >= 4 is 23.2 Å². The Hall–Kier alpha value is -1.56. The monoisotopic (exact) mass is 335 g/mol. The summed E-state index contributed by atoms with van der Waals surface area (Å²) in [4.78, 5) is 12.7. The van der Waals surface area contributed by atoms with Crippen LogP contribution < -0.4 is 10.7 Å². The number of ether oxygens (including phenoxy) is 1. The Bertz CT molecular complexity index is 699. The number of nitrogens with zero attached hydrogens (tertiary/aromatic N) is 1. The Morgan fingerprint density at radius 2 is 2.09 bits per heavy atom. The number of rotatable bonds is 2. The fourth-order valence-electron chi connectivity index (χ4n) is 3.45. The minimum absolute atomic E-state index is 0.0669. The third kappa shape index (κ3) is 2.63. The zero-order chi connectivity index (χ0) is 16.9. The molecule has 0 radical (unpaired) electrons. The molecule has 1 amide bonds. The van der Waals surface area contributed by atoms with Crippen LogP contribution in [0.4, 0.5) is 5.69 Å². The summed E-state index contributed by atoms with van der Waals surface area (Å²) in [6.07, 6.45) is -0.0669. The standard InChI is InChI=1S/C17H22ClN3O2/c1-9-13(15(18)21(5)20-9)16(22)19-12-8-6-7-11-14(12)10(2)23-17(11,3)4/h6-10,20H,1-5H3,(H,19,22). The van der Waals surface area contributed by atoms with Gasteiger partial charge in [0, 0.05) is 18.3 Å². The molecule has 0 spiro atoms. The number of anilines is 1. The van der Waals surface area contributed by atoms with Crippen LogP contribution in [0.15, 0.2) is 28.9 Å². The Labute approximate surface area is 141 Å². The first-order valence-corrected chi connectivity index (χ1v) is 8.12. The lowest BCUT2D eigenvalue weighted by Gasteiger charge is -2.19. The summed E-state index contributed by atoms with van der Waals surface area (Å²) in [5, 5.41) is 5.09. The summed E-state index contributed by atoms with van der Waals surface area (Å²) in [5.41, 5.74) is 6.21. The van der Waals surface area contributed by atoms with Crippen LogP contribution in [0.1, 0.15) is 44.9 Å². The lowest BCUT2D eigenvalue weighted by molar-refractivity contribution is -0.113. The van der Waals surface area contributed by atoms with E-state index < -0.39 is 0 Å². The van der Waals surface area contributed by atoms with Crippen molar-refractivity contribution in [3.63, 3.8) is 0 Å². The van der Waals surface area contributed by atoms with E-state index in [1.54, 1.807) is 12.1 Å². The molecule has 6 heteroatoms. The molecule has 0 saturated heterocycles. The van der Waals surface area contributed by atoms with E-state index in [4.69, 9.17) is 16.3 Å². The number of carbonyl (C=O) groups is 1. The highest BCUT2D eigenvalue weighted by molar-refractivity contribution is 6.32. The van der Waals surface area contributed by atoms with Crippen LogP contribution >= 0.6 is 11.6 Å². The lowest BCUT2D eigenvalue weighted by atomic mass is 9.93. The number of hydrogen-bond acceptors (Lipinski definition) is 4. The maximum absolute atomic E-state index is 12.7. The number of benzene rings is 1. The van der Waals surface area contributed by atoms with Crippen molar-refractivity contribution in [2.45, 2.75) is 45.4 Å². The number of hydrogen-bond donors (Lipinski definition) is 2. The van der Waals surface area contributed by atoms with E-state index in [2.05, 4.69) is 10.7 Å². The van der Waals surface area contributed by atoms with Crippen LogP contribution in [0.3, 0.4) is 0 Å². The van der Waals surface area contributed by atoms with Crippen molar-refractivity contribution in [2.24, 2.45) is 0 Å². The molecule has 2 aliphatic heterocycles. The SMILES string of the molecule is CC1NN(C)C(Cl)=C1C(=O)Nc1cccc2c1C(C)OC2(C)C. The molecule has 2 atom stereocenters. The average Bonchev–Trinajstić information content (AvgIpc) is 2.84. The summed E-state index contributed by atoms with van der Waals surface area (Å²) in [7, 11) is 1.79. The second-order valence-electron chi connectivity index (χ2n) is 6.61. The van der Waals surface area contributed by atoms with Crippen LogP contribution in [-0.4, -0.2) is 24.0 Å². The zero-order valence-corrected chi connectivity index (χ0v) is 14.8. The van der Waals surface area contributed by atoms with E-state index in [-0.39, 0.29) is 23.7 Å². The lowest BCUT2D eigenvalue weighted by Crippen LogP contribution is -2.33. The number of carbonyl (C=O) groups excluding carboxylic acids is 1. The Balaban J connectivity index is 1.94. The molecular formula is C17H22ClN3O2. The zero-order valence-electron chi connectivity index (χ0n) is 14.0. The molecule has 0 saturated carbocycles. The average molecular weight is 336 g/mol. The molecular weight excluding hydrogens is 314 g/mol. The van der Waals surface area contributed by atoms with E-state index in [1.807, 2.05) is 45.9 Å². The fourth-order valence-corrected chi connectivity index (χ4v) is 3.75. The molecule has 0 bridgehead atoms. The molecule has 0 aromatic heterocycles. The van der Waals surface area contributed by atoms with Crippen molar-refractivity contribution in [3.8, 4) is 0 Å². The summed E-state index contributed by atoms with van der Waals surface area (Å²) in [6.45, 7) is 7.99. The Morgan fingerprint density at radius 1 is 1.39 bits per heavy atom. The highest BCUT2D eigenvalue weighted by Crippen LogP contribution is 2.46. The van der Waals surface area contributed by atoms with Gasteiger partial charge in [-0.05, 0) is 39.3 Å². The smallest absolute Gasteiger partial charge is 0.256 e. The molecule has 124 valence electrons. The molecule has 23 heavy (non-hydrogen) atoms. The van der Waals surface area contributed by atoms with Crippen molar-refractivity contribution < 1.29 is 9.53 Å². The van der Waals surface area contributed by atoms with Gasteiger partial charge in [-0.15, -0.1) is 0 Å². The second-order valence-corrected chi connectivity index (χ2v) is 6.96. The summed E-state index contributed by atoms with van der Waals surface area (Å²) < 4.78 is 6.02. The van der Waals surface area contributed by atoms with Gasteiger partial charge in [0.15, 0.2) is 0 Å². The van der Waals surface area contributed by atoms with Crippen LogP contribution in [0.5, 0.6) is 0 Å². The number of fused-ring (bicyclic) bond motifs is 1. The van der Waals surface area contributed by atoms with Gasteiger partial charge in [-0.2, -0.15) is 0 Å². The summed E-state index contributed by atoms with van der Waals surface area (Å²) in [5.74, 6) is -0.190. The first kappa shape index (κ1) is 16.3. The van der Waals surface area contributed by atoms with E-state index >= 15 is 0 Å². The van der Waals surface area contributed by atoms with E-state index in [0.29, 0.717) is 10.7 Å². The molecule has 0 fully saturated rings. The quantitative estimate of drug-likeness (QED) is 0.815. The predicted molar refractivity (Wildman–Crippen MR) is 90.8 cm³/mol. The molecule has 5 nitrogen and oxygen atoms in total. The molecule has 0 aliphatic carbocycles. The van der Waals surface area contributed by atoms with E-state index in [1.165, 1.54) is 0 Å². The van der Waals surface area contributed by atoms with Crippen LogP contribution in [0.2, 0.25) is 0 Å². The van der Waals surface area contributed by atoms with Crippen LogP contribution in [0.25, 0.3) is 0 Å². The predicted octanol–water partition coefficient (Wildman–Crippen LogP) is 3.24. The van der Waals surface area contributed by atoms with Crippen molar-refractivity contribution in [2.75, 3.05) is 12.4 Å². The maximum Gasteiger partial charge on any atom is 0.256 e. The van der Waals surface area contributed by atoms with Crippen molar-refractivity contribution in [1.29, 1.82) is 0 Å². The number of halogens is 1. The first-order valence-electron chi connectivity index (χ1n) is 7.74. The Kier molecular flexibility index (Phi) is 3.91. The highest BCUT2D eigenvalue weighted by Gasteiger charge is 2.38. The van der Waals surface area contributed by atoms with E-state index in [9.17, 15) is 4.79 Å². The number of amides is 1. The third-order valence-corrected chi connectivity index (χ3v) is 4.92. The molecule has 2 unspecified atom stereocenters. The molecule has 3 rings (SSSR count). The molecule has 2 heterocycles. The van der Waals surface area contributed by atoms with Crippen molar-refractivity contribution in [1.82, 2.24) is 10.4 Å². The molecule has 2 aliphatic rings. The van der Waals surface area contributed by atoms with E-state index in [0.717, 1.165) is 16.8 Å². The minimum Gasteiger partial charge on any atom is -0.363 e. The summed E-state index contributed by atoms with van der Waals surface area (Å²) >= 11 is 6.23. The highest BCUT2D eigenvalue weighted by atomic mass is 35.5. The van der Waals surface area contributed by atoms with Gasteiger partial charge in [0.2, 0.25) is 0 Å². The van der Waals surface area contributed by atoms with Gasteiger partial charge in [0.05, 0.1) is 23.3 Å². The summed E-state index contributed by atoms with van der Waals surface area (Å²) in [6, 6.07) is 5.77. The normalized spacial score (nSPS) is 25.7. The van der Waals surface area contributed by atoms with Gasteiger partial charge < -0.3 is 15.1 Å². The third-order valence-electron chi connectivity index (χ3n) is 4.46. The number of hydrazine groups is 1. The largest absolute Gasteiger partial charge is 0.363 e. The van der Waals surface area contributed by atoms with Crippen LogP contribution in [-0.2, 0) is 15.1 Å². The van der Waals surface area contributed by atoms with Gasteiger partial charge in [-0.25, -0.2) is 5.43 Å². The van der Waals surface area contributed by atoms with Gasteiger partial charge in [-0.1, -0.05) is 23.7 Å². The van der Waals surface area contributed by atoms with Crippen LogP contribution in [0, 0.1) is 0 Å². The van der Waals surface area contributed by atoms with Gasteiger partial charge in [0.1, 0.15) is 5.16 Å². The van der Waals surface area contributed by atoms with Crippen molar-refractivity contribution in [3.05, 3.63) is 40.1 Å². The second kappa shape index (κ2) is 5.51. The maximum atomic E-state index is 12.7. The fraction of sp³-hybridized carbons (Fsp3) is 0.471. The number of nitrogens with one attached hydrogen (secondary N) is 2. The molecule has 1 aromatic carbocycles. The van der Waals surface area contributed by atoms with Gasteiger partial charge in [-0.3, -0.25) is 4.79 Å².